The lowest BCUT2D eigenvalue weighted by Crippen LogP contribution is -2.43. The maximum Gasteiger partial charge on any atom is 0.0675 e. The van der Waals surface area contributed by atoms with E-state index in [0.29, 0.717) is 23.7 Å². The lowest BCUT2D eigenvalue weighted by molar-refractivity contribution is -0.0720. The van der Waals surface area contributed by atoms with E-state index in [-0.39, 0.29) is 24.0 Å². The second kappa shape index (κ2) is 3.71. The Kier molecular flexibility index (Phi) is 2.66. The van der Waals surface area contributed by atoms with Crippen LogP contribution in [0.3, 0.4) is 0 Å². The number of hydrogen-bond acceptors (Lipinski definition) is 3. The molecule has 8 atom stereocenters. The van der Waals surface area contributed by atoms with Crippen LogP contribution in [-0.4, -0.2) is 33.6 Å². The molecule has 0 aliphatic heterocycles. The third-order valence-corrected chi connectivity index (χ3v) is 6.47. The summed E-state index contributed by atoms with van der Waals surface area (Å²) in [7, 11) is 0. The molecule has 3 aliphatic rings. The van der Waals surface area contributed by atoms with E-state index in [9.17, 15) is 15.3 Å². The van der Waals surface area contributed by atoms with Gasteiger partial charge < -0.3 is 15.3 Å². The van der Waals surface area contributed by atoms with E-state index in [1.54, 1.807) is 0 Å². The van der Waals surface area contributed by atoms with Gasteiger partial charge in [0.15, 0.2) is 0 Å². The van der Waals surface area contributed by atoms with Crippen molar-refractivity contribution in [3.8, 4) is 0 Å². The number of rotatable bonds is 1. The Hall–Kier alpha value is -0.120. The molecule has 0 bridgehead atoms. The van der Waals surface area contributed by atoms with Crippen LogP contribution in [0.4, 0.5) is 0 Å². The molecular formula is C15H26O3. The van der Waals surface area contributed by atoms with Gasteiger partial charge in [0.25, 0.3) is 0 Å². The van der Waals surface area contributed by atoms with Crippen molar-refractivity contribution in [1.82, 2.24) is 0 Å². The minimum atomic E-state index is -0.737. The molecule has 0 amide bonds. The second-order valence-electron chi connectivity index (χ2n) is 7.58. The van der Waals surface area contributed by atoms with Gasteiger partial charge >= 0.3 is 0 Å². The zero-order chi connectivity index (χ0) is 13.3. The van der Waals surface area contributed by atoms with Gasteiger partial charge in [-0.1, -0.05) is 13.8 Å². The van der Waals surface area contributed by atoms with Crippen molar-refractivity contribution < 1.29 is 15.3 Å². The molecule has 3 saturated carbocycles. The predicted octanol–water partition coefficient (Wildman–Crippen LogP) is 1.41. The summed E-state index contributed by atoms with van der Waals surface area (Å²) in [5.74, 6) is 1.86. The quantitative estimate of drug-likeness (QED) is 0.663. The molecule has 0 spiro atoms. The van der Waals surface area contributed by atoms with E-state index in [0.717, 1.165) is 19.3 Å². The highest BCUT2D eigenvalue weighted by Gasteiger charge is 2.69. The normalized spacial score (nSPS) is 63.0. The molecule has 0 heterocycles. The monoisotopic (exact) mass is 254 g/mol. The van der Waals surface area contributed by atoms with E-state index in [1.807, 2.05) is 6.92 Å². The topological polar surface area (TPSA) is 60.7 Å². The van der Waals surface area contributed by atoms with Crippen molar-refractivity contribution in [2.75, 3.05) is 6.61 Å². The smallest absolute Gasteiger partial charge is 0.0675 e. The van der Waals surface area contributed by atoms with Crippen LogP contribution in [0.2, 0.25) is 0 Å². The summed E-state index contributed by atoms with van der Waals surface area (Å²) < 4.78 is 0. The van der Waals surface area contributed by atoms with Gasteiger partial charge in [-0.3, -0.25) is 0 Å². The third kappa shape index (κ3) is 1.47. The van der Waals surface area contributed by atoms with Gasteiger partial charge in [-0.05, 0) is 55.3 Å². The van der Waals surface area contributed by atoms with Gasteiger partial charge in [-0.15, -0.1) is 0 Å². The van der Waals surface area contributed by atoms with E-state index >= 15 is 0 Å². The fourth-order valence-electron chi connectivity index (χ4n) is 5.46. The lowest BCUT2D eigenvalue weighted by Gasteiger charge is -2.37. The Balaban J connectivity index is 1.96. The minimum absolute atomic E-state index is 0.00382. The average molecular weight is 254 g/mol. The first-order valence-electron chi connectivity index (χ1n) is 7.34. The Morgan fingerprint density at radius 1 is 1.22 bits per heavy atom. The van der Waals surface area contributed by atoms with Crippen LogP contribution in [0.15, 0.2) is 0 Å². The van der Waals surface area contributed by atoms with E-state index in [1.165, 1.54) is 0 Å². The van der Waals surface area contributed by atoms with Gasteiger partial charge in [-0.25, -0.2) is 0 Å². The molecular weight excluding hydrogens is 228 g/mol. The molecule has 0 saturated heterocycles. The van der Waals surface area contributed by atoms with Crippen molar-refractivity contribution in [2.24, 2.45) is 35.0 Å². The predicted molar refractivity (Wildman–Crippen MR) is 68.8 cm³/mol. The van der Waals surface area contributed by atoms with Crippen LogP contribution >= 0.6 is 0 Å². The number of hydrogen-bond donors (Lipinski definition) is 3. The molecule has 3 N–H and O–H groups in total. The maximum absolute atomic E-state index is 10.7. The summed E-state index contributed by atoms with van der Waals surface area (Å²) in [5.41, 5.74) is -0.698. The van der Waals surface area contributed by atoms with Crippen LogP contribution in [0.25, 0.3) is 0 Å². The maximum atomic E-state index is 10.7. The number of aliphatic hydroxyl groups is 3. The SMILES string of the molecule is CC1CC(O)C2C1C1C(CCC2(C)O)C1(C)CO. The van der Waals surface area contributed by atoms with Crippen LogP contribution in [0, 0.1) is 35.0 Å². The third-order valence-electron chi connectivity index (χ3n) is 6.47. The zero-order valence-electron chi connectivity index (χ0n) is 11.6. The summed E-state index contributed by atoms with van der Waals surface area (Å²) >= 11 is 0. The van der Waals surface area contributed by atoms with Crippen molar-refractivity contribution in [2.45, 2.75) is 51.7 Å². The summed E-state index contributed by atoms with van der Waals surface area (Å²) in [6.07, 6.45) is 2.17. The molecule has 18 heavy (non-hydrogen) atoms. The highest BCUT2D eigenvalue weighted by Crippen LogP contribution is 2.71. The van der Waals surface area contributed by atoms with Crippen molar-refractivity contribution in [3.05, 3.63) is 0 Å². The second-order valence-corrected chi connectivity index (χ2v) is 7.58. The van der Waals surface area contributed by atoms with Crippen LogP contribution in [0.1, 0.15) is 40.0 Å². The molecule has 0 aromatic rings. The highest BCUT2D eigenvalue weighted by molar-refractivity contribution is 5.17. The van der Waals surface area contributed by atoms with Crippen molar-refractivity contribution >= 4 is 0 Å². The molecule has 3 nitrogen and oxygen atoms in total. The van der Waals surface area contributed by atoms with Crippen molar-refractivity contribution in [1.29, 1.82) is 0 Å². The van der Waals surface area contributed by atoms with Crippen LogP contribution < -0.4 is 0 Å². The molecule has 8 unspecified atom stereocenters. The van der Waals surface area contributed by atoms with Gasteiger partial charge in [0.1, 0.15) is 0 Å². The molecule has 0 aromatic heterocycles. The Bertz CT molecular complexity index is 354. The molecule has 0 radical (unpaired) electrons. The first-order valence-corrected chi connectivity index (χ1v) is 7.34. The molecule has 0 aromatic carbocycles. The van der Waals surface area contributed by atoms with Gasteiger partial charge in [0, 0.05) is 12.5 Å². The number of aliphatic hydroxyl groups excluding tert-OH is 2. The Morgan fingerprint density at radius 2 is 1.89 bits per heavy atom. The van der Waals surface area contributed by atoms with E-state index < -0.39 is 5.60 Å². The zero-order valence-corrected chi connectivity index (χ0v) is 11.6. The largest absolute Gasteiger partial charge is 0.396 e. The lowest BCUT2D eigenvalue weighted by atomic mass is 9.73. The van der Waals surface area contributed by atoms with E-state index in [4.69, 9.17) is 0 Å². The molecule has 3 heteroatoms. The summed E-state index contributed by atoms with van der Waals surface area (Å²) in [4.78, 5) is 0. The average Bonchev–Trinajstić information content (AvgIpc) is 2.79. The number of fused-ring (bicyclic) bond motifs is 3. The van der Waals surface area contributed by atoms with Crippen LogP contribution in [-0.2, 0) is 0 Å². The van der Waals surface area contributed by atoms with Crippen molar-refractivity contribution in [3.63, 3.8) is 0 Å². The molecule has 3 aliphatic carbocycles. The standard InChI is InChI=1S/C15H26O3/c1-8-6-10(17)13-11(8)12-9(14(12,2)7-16)4-5-15(13,3)18/h8-13,16-18H,4-7H2,1-3H3. The molecule has 3 fully saturated rings. The van der Waals surface area contributed by atoms with Gasteiger partial charge in [0.05, 0.1) is 11.7 Å². The van der Waals surface area contributed by atoms with Gasteiger partial charge in [-0.2, -0.15) is 0 Å². The fourth-order valence-corrected chi connectivity index (χ4v) is 5.46. The van der Waals surface area contributed by atoms with Crippen LogP contribution in [0.5, 0.6) is 0 Å². The summed E-state index contributed by atoms with van der Waals surface area (Å²) in [5, 5.41) is 30.6. The fraction of sp³-hybridized carbons (Fsp3) is 1.00. The molecule has 104 valence electrons. The minimum Gasteiger partial charge on any atom is -0.396 e. The van der Waals surface area contributed by atoms with E-state index in [2.05, 4.69) is 13.8 Å². The first kappa shape index (κ1) is 12.9. The summed E-state index contributed by atoms with van der Waals surface area (Å²) in [6, 6.07) is 0. The first-order chi connectivity index (χ1) is 8.33. The highest BCUT2D eigenvalue weighted by atomic mass is 16.3. The Labute approximate surface area is 109 Å². The molecule has 3 rings (SSSR count). The summed E-state index contributed by atoms with van der Waals surface area (Å²) in [6.45, 7) is 6.52. The van der Waals surface area contributed by atoms with Gasteiger partial charge in [0.2, 0.25) is 0 Å². The Morgan fingerprint density at radius 3 is 2.50 bits per heavy atom.